The van der Waals surface area contributed by atoms with Crippen molar-refractivity contribution in [3.63, 3.8) is 0 Å². The minimum Gasteiger partial charge on any atom is -0.459 e. The topological polar surface area (TPSA) is 92.5 Å². The fourth-order valence-electron chi connectivity index (χ4n) is 3.17. The van der Waals surface area contributed by atoms with Gasteiger partial charge in [-0.25, -0.2) is 0 Å². The summed E-state index contributed by atoms with van der Waals surface area (Å²) in [4.78, 5) is 18.6. The van der Waals surface area contributed by atoms with E-state index in [-0.39, 0.29) is 34.2 Å². The predicted molar refractivity (Wildman–Crippen MR) is 106 cm³/mol. The SMILES string of the molecule is N#Cc1nc(-c2ccco2)oc1N1CCC(C(=O)Oc2ccc(Cl)cc2Cl)CC1. The van der Waals surface area contributed by atoms with Gasteiger partial charge < -0.3 is 18.5 Å². The summed E-state index contributed by atoms with van der Waals surface area (Å²) >= 11 is 11.9. The van der Waals surface area contributed by atoms with Crippen LogP contribution in [0.2, 0.25) is 10.0 Å². The molecule has 9 heteroatoms. The van der Waals surface area contributed by atoms with E-state index in [0.717, 1.165) is 0 Å². The lowest BCUT2D eigenvalue weighted by Crippen LogP contribution is -2.37. The van der Waals surface area contributed by atoms with Crippen LogP contribution in [0, 0.1) is 17.2 Å². The maximum Gasteiger partial charge on any atom is 0.314 e. The van der Waals surface area contributed by atoms with Gasteiger partial charge in [0.1, 0.15) is 11.8 Å². The molecule has 0 atom stereocenters. The normalized spacial score (nSPS) is 14.6. The number of aromatic nitrogens is 1. The van der Waals surface area contributed by atoms with Crippen LogP contribution in [0.4, 0.5) is 5.88 Å². The number of halogens is 2. The number of carbonyl (C=O) groups is 1. The van der Waals surface area contributed by atoms with Crippen LogP contribution in [0.1, 0.15) is 18.5 Å². The molecule has 1 saturated heterocycles. The molecule has 29 heavy (non-hydrogen) atoms. The van der Waals surface area contributed by atoms with Gasteiger partial charge in [0.15, 0.2) is 5.76 Å². The highest BCUT2D eigenvalue weighted by Gasteiger charge is 2.30. The number of nitriles is 1. The van der Waals surface area contributed by atoms with E-state index in [2.05, 4.69) is 4.98 Å². The molecular formula is C20H15Cl2N3O4. The Morgan fingerprint density at radius 2 is 2.07 bits per heavy atom. The van der Waals surface area contributed by atoms with Gasteiger partial charge in [0.2, 0.25) is 11.6 Å². The zero-order chi connectivity index (χ0) is 20.4. The molecule has 148 valence electrons. The number of rotatable bonds is 4. The zero-order valence-electron chi connectivity index (χ0n) is 15.1. The summed E-state index contributed by atoms with van der Waals surface area (Å²) in [6.07, 6.45) is 2.60. The average molecular weight is 432 g/mol. The maximum absolute atomic E-state index is 12.5. The van der Waals surface area contributed by atoms with Crippen molar-refractivity contribution in [3.05, 3.63) is 52.3 Å². The summed E-state index contributed by atoms with van der Waals surface area (Å²) < 4.78 is 16.5. The first-order valence-corrected chi connectivity index (χ1v) is 9.67. The first kappa shape index (κ1) is 19.4. The molecule has 0 unspecified atom stereocenters. The first-order chi connectivity index (χ1) is 14.0. The number of carbonyl (C=O) groups excluding carboxylic acids is 1. The van der Waals surface area contributed by atoms with Gasteiger partial charge in [-0.2, -0.15) is 10.2 Å². The van der Waals surface area contributed by atoms with Gasteiger partial charge in [-0.3, -0.25) is 4.79 Å². The van der Waals surface area contributed by atoms with Crippen molar-refractivity contribution in [2.24, 2.45) is 5.92 Å². The van der Waals surface area contributed by atoms with Crippen molar-refractivity contribution < 1.29 is 18.4 Å². The summed E-state index contributed by atoms with van der Waals surface area (Å²) in [5.41, 5.74) is 0.186. The maximum atomic E-state index is 12.5. The second-order valence-electron chi connectivity index (χ2n) is 6.52. The largest absolute Gasteiger partial charge is 0.459 e. The molecule has 4 rings (SSSR count). The molecule has 3 heterocycles. The van der Waals surface area contributed by atoms with E-state index < -0.39 is 0 Å². The molecule has 0 spiro atoms. The summed E-state index contributed by atoms with van der Waals surface area (Å²) in [7, 11) is 0. The zero-order valence-corrected chi connectivity index (χ0v) is 16.6. The number of benzene rings is 1. The smallest absolute Gasteiger partial charge is 0.314 e. The Balaban J connectivity index is 1.42. The van der Waals surface area contributed by atoms with Gasteiger partial charge in [0.05, 0.1) is 17.2 Å². The first-order valence-electron chi connectivity index (χ1n) is 8.91. The Hall–Kier alpha value is -2.95. The number of piperidine rings is 1. The van der Waals surface area contributed by atoms with Crippen molar-refractivity contribution in [3.8, 4) is 23.5 Å². The number of hydrogen-bond donors (Lipinski definition) is 0. The van der Waals surface area contributed by atoms with Gasteiger partial charge in [-0.05, 0) is 43.2 Å². The number of ether oxygens (including phenoxy) is 1. The van der Waals surface area contributed by atoms with Crippen LogP contribution in [-0.4, -0.2) is 24.0 Å². The molecule has 3 aromatic rings. The number of anilines is 1. The lowest BCUT2D eigenvalue weighted by molar-refractivity contribution is -0.139. The number of furan rings is 1. The van der Waals surface area contributed by atoms with Gasteiger partial charge in [-0.15, -0.1) is 0 Å². The third-order valence-corrected chi connectivity index (χ3v) is 5.20. The molecule has 0 saturated carbocycles. The monoisotopic (exact) mass is 431 g/mol. The van der Waals surface area contributed by atoms with E-state index >= 15 is 0 Å². The molecule has 0 amide bonds. The number of oxazole rings is 1. The lowest BCUT2D eigenvalue weighted by Gasteiger charge is -2.30. The molecule has 7 nitrogen and oxygen atoms in total. The molecule has 1 aliphatic rings. The predicted octanol–water partition coefficient (Wildman–Crippen LogP) is 4.94. The van der Waals surface area contributed by atoms with Crippen LogP contribution in [0.15, 0.2) is 45.4 Å². The Kier molecular flexibility index (Phi) is 5.47. The molecule has 1 fully saturated rings. The van der Waals surface area contributed by atoms with E-state index in [1.165, 1.54) is 12.3 Å². The highest BCUT2D eigenvalue weighted by molar-refractivity contribution is 6.35. The Labute approximate surface area is 176 Å². The second-order valence-corrected chi connectivity index (χ2v) is 7.36. The average Bonchev–Trinajstić information content (AvgIpc) is 3.39. The minimum atomic E-state index is -0.344. The van der Waals surface area contributed by atoms with E-state index in [1.807, 2.05) is 11.0 Å². The quantitative estimate of drug-likeness (QED) is 0.426. The fraction of sp³-hybridized carbons (Fsp3) is 0.250. The molecule has 2 aromatic heterocycles. The van der Waals surface area contributed by atoms with Gasteiger partial charge in [-0.1, -0.05) is 23.2 Å². The molecule has 1 aliphatic heterocycles. The standard InChI is InChI=1S/C20H15Cl2N3O4/c21-13-3-4-16(14(22)10-13)28-20(26)12-5-7-25(8-6-12)19-15(11-23)24-18(29-19)17-2-1-9-27-17/h1-4,9-10,12H,5-8H2. The van der Waals surface area contributed by atoms with Gasteiger partial charge in [0, 0.05) is 18.1 Å². The van der Waals surface area contributed by atoms with Crippen LogP contribution < -0.4 is 9.64 Å². The highest BCUT2D eigenvalue weighted by atomic mass is 35.5. The van der Waals surface area contributed by atoms with Crippen LogP contribution in [-0.2, 0) is 4.79 Å². The van der Waals surface area contributed by atoms with Crippen LogP contribution in [0.5, 0.6) is 5.75 Å². The Morgan fingerprint density at radius 1 is 1.28 bits per heavy atom. The summed E-state index contributed by atoms with van der Waals surface area (Å²) in [6, 6.07) is 10.2. The fourth-order valence-corrected chi connectivity index (χ4v) is 3.62. The van der Waals surface area contributed by atoms with E-state index in [9.17, 15) is 10.1 Å². The molecule has 0 radical (unpaired) electrons. The van der Waals surface area contributed by atoms with E-state index in [0.29, 0.717) is 42.6 Å². The van der Waals surface area contributed by atoms with Crippen molar-refractivity contribution in [1.29, 1.82) is 5.26 Å². The number of hydrogen-bond acceptors (Lipinski definition) is 7. The molecular weight excluding hydrogens is 417 g/mol. The highest BCUT2D eigenvalue weighted by Crippen LogP contribution is 2.33. The molecule has 0 bridgehead atoms. The van der Waals surface area contributed by atoms with Crippen LogP contribution in [0.3, 0.4) is 0 Å². The van der Waals surface area contributed by atoms with E-state index in [1.54, 1.807) is 24.3 Å². The lowest BCUT2D eigenvalue weighted by atomic mass is 9.97. The van der Waals surface area contributed by atoms with E-state index in [4.69, 9.17) is 36.8 Å². The Bertz CT molecular complexity index is 1060. The van der Waals surface area contributed by atoms with Gasteiger partial charge >= 0.3 is 5.97 Å². The summed E-state index contributed by atoms with van der Waals surface area (Å²) in [5, 5.41) is 10.1. The third kappa shape index (κ3) is 4.09. The van der Waals surface area contributed by atoms with Crippen molar-refractivity contribution in [1.82, 2.24) is 4.98 Å². The second kappa shape index (κ2) is 8.19. The van der Waals surface area contributed by atoms with Crippen molar-refractivity contribution >= 4 is 35.1 Å². The van der Waals surface area contributed by atoms with Crippen molar-refractivity contribution in [2.45, 2.75) is 12.8 Å². The minimum absolute atomic E-state index is 0.186. The third-order valence-electron chi connectivity index (χ3n) is 4.67. The summed E-state index contributed by atoms with van der Waals surface area (Å²) in [5.74, 6) is 0.741. The molecule has 0 N–H and O–H groups in total. The van der Waals surface area contributed by atoms with Gasteiger partial charge in [0.25, 0.3) is 5.89 Å². The number of nitrogens with zero attached hydrogens (tertiary/aromatic N) is 3. The number of esters is 1. The Morgan fingerprint density at radius 3 is 2.72 bits per heavy atom. The van der Waals surface area contributed by atoms with Crippen molar-refractivity contribution in [2.75, 3.05) is 18.0 Å². The molecule has 0 aliphatic carbocycles. The van der Waals surface area contributed by atoms with Crippen LogP contribution in [0.25, 0.3) is 11.7 Å². The van der Waals surface area contributed by atoms with Crippen LogP contribution >= 0.6 is 23.2 Å². The molecule has 1 aromatic carbocycles. The summed E-state index contributed by atoms with van der Waals surface area (Å²) in [6.45, 7) is 1.05.